The van der Waals surface area contributed by atoms with E-state index in [2.05, 4.69) is 18.0 Å². The SMILES string of the molecule is CCOC(OCC)C1=CCN(C)CC1. The summed E-state index contributed by atoms with van der Waals surface area (Å²) in [4.78, 5) is 2.29. The van der Waals surface area contributed by atoms with Gasteiger partial charge in [-0.25, -0.2) is 0 Å². The van der Waals surface area contributed by atoms with E-state index in [0.717, 1.165) is 19.5 Å². The van der Waals surface area contributed by atoms with Gasteiger partial charge in [0.25, 0.3) is 0 Å². The highest BCUT2D eigenvalue weighted by Crippen LogP contribution is 2.17. The van der Waals surface area contributed by atoms with Crippen molar-refractivity contribution in [2.24, 2.45) is 0 Å². The number of hydrogen-bond donors (Lipinski definition) is 0. The third-order valence-electron chi connectivity index (χ3n) is 2.39. The lowest BCUT2D eigenvalue weighted by atomic mass is 10.1. The molecule has 0 bridgehead atoms. The Hall–Kier alpha value is -0.380. The minimum absolute atomic E-state index is 0.112. The van der Waals surface area contributed by atoms with Gasteiger partial charge in [-0.15, -0.1) is 0 Å². The maximum atomic E-state index is 5.55. The van der Waals surface area contributed by atoms with Gasteiger partial charge in [0.1, 0.15) is 0 Å². The molecule has 0 aliphatic carbocycles. The molecule has 0 saturated heterocycles. The average Bonchev–Trinajstić information content (AvgIpc) is 2.19. The maximum Gasteiger partial charge on any atom is 0.179 e. The quantitative estimate of drug-likeness (QED) is 0.496. The molecule has 0 radical (unpaired) electrons. The fourth-order valence-electron chi connectivity index (χ4n) is 1.57. The Morgan fingerprint density at radius 3 is 2.43 bits per heavy atom. The second-order valence-corrected chi connectivity index (χ2v) is 3.53. The van der Waals surface area contributed by atoms with Crippen LogP contribution in [-0.4, -0.2) is 44.5 Å². The summed E-state index contributed by atoms with van der Waals surface area (Å²) in [5.74, 6) is 0. The Bertz CT molecular complexity index is 186. The number of nitrogens with zero attached hydrogens (tertiary/aromatic N) is 1. The minimum atomic E-state index is -0.112. The summed E-state index contributed by atoms with van der Waals surface area (Å²) in [7, 11) is 2.13. The molecule has 3 heteroatoms. The molecule has 1 rings (SSSR count). The largest absolute Gasteiger partial charge is 0.349 e. The number of likely N-dealkylation sites (N-methyl/N-ethyl adjacent to an activating group) is 1. The predicted molar refractivity (Wildman–Crippen MR) is 57.2 cm³/mol. The number of rotatable bonds is 5. The van der Waals surface area contributed by atoms with Gasteiger partial charge in [-0.2, -0.15) is 0 Å². The van der Waals surface area contributed by atoms with E-state index in [0.29, 0.717) is 13.2 Å². The molecule has 1 aliphatic heterocycles. The van der Waals surface area contributed by atoms with Crippen LogP contribution in [0.3, 0.4) is 0 Å². The van der Waals surface area contributed by atoms with Gasteiger partial charge in [-0.1, -0.05) is 6.08 Å². The molecule has 3 nitrogen and oxygen atoms in total. The summed E-state index contributed by atoms with van der Waals surface area (Å²) in [6.45, 7) is 7.52. The summed E-state index contributed by atoms with van der Waals surface area (Å²) in [6.07, 6.45) is 3.17. The van der Waals surface area contributed by atoms with Crippen LogP contribution in [0.1, 0.15) is 20.3 Å². The van der Waals surface area contributed by atoms with E-state index in [4.69, 9.17) is 9.47 Å². The van der Waals surface area contributed by atoms with Gasteiger partial charge in [0, 0.05) is 26.3 Å². The lowest BCUT2D eigenvalue weighted by Gasteiger charge is -2.27. The van der Waals surface area contributed by atoms with Crippen molar-refractivity contribution < 1.29 is 9.47 Å². The van der Waals surface area contributed by atoms with Crippen LogP contribution in [-0.2, 0) is 9.47 Å². The summed E-state index contributed by atoms with van der Waals surface area (Å²) < 4.78 is 11.1. The Balaban J connectivity index is 2.49. The first kappa shape index (κ1) is 11.7. The van der Waals surface area contributed by atoms with E-state index in [1.807, 2.05) is 13.8 Å². The zero-order valence-corrected chi connectivity index (χ0v) is 9.45. The topological polar surface area (TPSA) is 21.7 Å². The molecule has 0 unspecified atom stereocenters. The van der Waals surface area contributed by atoms with Gasteiger partial charge >= 0.3 is 0 Å². The van der Waals surface area contributed by atoms with Crippen LogP contribution >= 0.6 is 0 Å². The van der Waals surface area contributed by atoms with Gasteiger partial charge in [-0.3, -0.25) is 0 Å². The molecule has 14 heavy (non-hydrogen) atoms. The van der Waals surface area contributed by atoms with Crippen LogP contribution in [0.4, 0.5) is 0 Å². The zero-order valence-electron chi connectivity index (χ0n) is 9.45. The molecular weight excluding hydrogens is 178 g/mol. The molecule has 0 aromatic carbocycles. The first-order valence-corrected chi connectivity index (χ1v) is 5.38. The second-order valence-electron chi connectivity index (χ2n) is 3.53. The Morgan fingerprint density at radius 1 is 1.36 bits per heavy atom. The first-order chi connectivity index (χ1) is 6.77. The van der Waals surface area contributed by atoms with Crippen LogP contribution in [0.25, 0.3) is 0 Å². The molecule has 0 fully saturated rings. The summed E-state index contributed by atoms with van der Waals surface area (Å²) >= 11 is 0. The summed E-state index contributed by atoms with van der Waals surface area (Å²) in [5.41, 5.74) is 1.30. The van der Waals surface area contributed by atoms with Crippen molar-refractivity contribution in [2.45, 2.75) is 26.6 Å². The van der Waals surface area contributed by atoms with Crippen LogP contribution in [0.15, 0.2) is 11.6 Å². The highest BCUT2D eigenvalue weighted by molar-refractivity contribution is 5.10. The van der Waals surface area contributed by atoms with E-state index in [-0.39, 0.29) is 6.29 Å². The normalized spacial score (nSPS) is 18.7. The summed E-state index contributed by atoms with van der Waals surface area (Å²) in [6, 6.07) is 0. The number of ether oxygens (including phenoxy) is 2. The smallest absolute Gasteiger partial charge is 0.179 e. The third-order valence-corrected chi connectivity index (χ3v) is 2.39. The Labute approximate surface area is 86.7 Å². The molecule has 0 aromatic rings. The lowest BCUT2D eigenvalue weighted by Crippen LogP contribution is -2.30. The van der Waals surface area contributed by atoms with Crippen LogP contribution in [0.2, 0.25) is 0 Å². The van der Waals surface area contributed by atoms with Gasteiger partial charge < -0.3 is 14.4 Å². The van der Waals surface area contributed by atoms with Gasteiger partial charge in [-0.05, 0) is 32.9 Å². The van der Waals surface area contributed by atoms with Crippen LogP contribution in [0.5, 0.6) is 0 Å². The van der Waals surface area contributed by atoms with Crippen molar-refractivity contribution in [1.82, 2.24) is 4.90 Å². The lowest BCUT2D eigenvalue weighted by molar-refractivity contribution is -0.113. The van der Waals surface area contributed by atoms with Crippen molar-refractivity contribution in [2.75, 3.05) is 33.4 Å². The Kier molecular flexibility index (Phi) is 5.15. The molecule has 0 atom stereocenters. The highest BCUT2D eigenvalue weighted by Gasteiger charge is 2.17. The molecule has 1 aliphatic rings. The maximum absolute atomic E-state index is 5.55. The van der Waals surface area contributed by atoms with Crippen LogP contribution < -0.4 is 0 Å². The summed E-state index contributed by atoms with van der Waals surface area (Å²) in [5, 5.41) is 0. The molecule has 0 N–H and O–H groups in total. The second kappa shape index (κ2) is 6.17. The van der Waals surface area contributed by atoms with Crippen molar-refractivity contribution in [1.29, 1.82) is 0 Å². The van der Waals surface area contributed by atoms with E-state index < -0.39 is 0 Å². The van der Waals surface area contributed by atoms with Crippen molar-refractivity contribution in [3.05, 3.63) is 11.6 Å². The van der Waals surface area contributed by atoms with Crippen molar-refractivity contribution >= 4 is 0 Å². The van der Waals surface area contributed by atoms with E-state index in [1.165, 1.54) is 5.57 Å². The molecule has 1 heterocycles. The molecule has 0 spiro atoms. The Morgan fingerprint density at radius 2 is 2.00 bits per heavy atom. The van der Waals surface area contributed by atoms with E-state index in [9.17, 15) is 0 Å². The van der Waals surface area contributed by atoms with Gasteiger partial charge in [0.15, 0.2) is 6.29 Å². The fraction of sp³-hybridized carbons (Fsp3) is 0.818. The molecule has 0 saturated carbocycles. The molecular formula is C11H21NO2. The van der Waals surface area contributed by atoms with Gasteiger partial charge in [0.05, 0.1) is 0 Å². The first-order valence-electron chi connectivity index (χ1n) is 5.38. The van der Waals surface area contributed by atoms with Gasteiger partial charge in [0.2, 0.25) is 0 Å². The van der Waals surface area contributed by atoms with E-state index >= 15 is 0 Å². The fourth-order valence-corrected chi connectivity index (χ4v) is 1.57. The predicted octanol–water partition coefficient (Wildman–Crippen LogP) is 1.65. The minimum Gasteiger partial charge on any atom is -0.349 e. The number of hydrogen-bond acceptors (Lipinski definition) is 3. The van der Waals surface area contributed by atoms with Crippen molar-refractivity contribution in [3.8, 4) is 0 Å². The van der Waals surface area contributed by atoms with Crippen molar-refractivity contribution in [3.63, 3.8) is 0 Å². The van der Waals surface area contributed by atoms with E-state index in [1.54, 1.807) is 0 Å². The zero-order chi connectivity index (χ0) is 10.4. The molecule has 0 aromatic heterocycles. The standard InChI is InChI=1S/C11H21NO2/c1-4-13-11(14-5-2)10-6-8-12(3)9-7-10/h6,11H,4-5,7-9H2,1-3H3. The molecule has 82 valence electrons. The average molecular weight is 199 g/mol. The highest BCUT2D eigenvalue weighted by atomic mass is 16.7. The third kappa shape index (κ3) is 3.40. The van der Waals surface area contributed by atoms with Crippen LogP contribution in [0, 0.1) is 0 Å². The monoisotopic (exact) mass is 199 g/mol. The molecule has 0 amide bonds.